The molecular weight excluding hydrogens is 270 g/mol. The predicted molar refractivity (Wildman–Crippen MR) is 82.2 cm³/mol. The number of hydrogen-bond donors (Lipinski definition) is 1. The summed E-state index contributed by atoms with van der Waals surface area (Å²) in [5.74, 6) is 0.728. The quantitative estimate of drug-likeness (QED) is 0.590. The standard InChI is InChI=1S/C14H13N5S/c1-2-11-6-12-13(16-9-17-14(12)20-11)19-18-8-10-4-3-5-15-7-10/h3-9H,2H2,1H3,(H,16,17,19)/b18-8+. The van der Waals surface area contributed by atoms with Crippen molar-refractivity contribution in [1.29, 1.82) is 0 Å². The minimum absolute atomic E-state index is 0.728. The Morgan fingerprint density at radius 1 is 1.40 bits per heavy atom. The van der Waals surface area contributed by atoms with E-state index < -0.39 is 0 Å². The minimum Gasteiger partial charge on any atom is -0.264 e. The zero-order valence-electron chi connectivity index (χ0n) is 10.9. The largest absolute Gasteiger partial charge is 0.264 e. The van der Waals surface area contributed by atoms with Crippen LogP contribution in [0.1, 0.15) is 17.4 Å². The SMILES string of the molecule is CCc1cc2c(N/N=C/c3cccnc3)ncnc2s1. The van der Waals surface area contributed by atoms with Crippen molar-refractivity contribution >= 4 is 33.6 Å². The van der Waals surface area contributed by atoms with Gasteiger partial charge in [0.1, 0.15) is 11.2 Å². The highest BCUT2D eigenvalue weighted by Crippen LogP contribution is 2.28. The molecule has 0 radical (unpaired) electrons. The molecule has 3 aromatic heterocycles. The van der Waals surface area contributed by atoms with E-state index in [0.29, 0.717) is 0 Å². The van der Waals surface area contributed by atoms with Gasteiger partial charge in [-0.25, -0.2) is 9.97 Å². The maximum absolute atomic E-state index is 4.28. The van der Waals surface area contributed by atoms with Gasteiger partial charge in [0.15, 0.2) is 5.82 Å². The first-order valence-electron chi connectivity index (χ1n) is 6.29. The third-order valence-electron chi connectivity index (χ3n) is 2.80. The van der Waals surface area contributed by atoms with Gasteiger partial charge in [0.25, 0.3) is 0 Å². The molecular formula is C14H13N5S. The highest BCUT2D eigenvalue weighted by molar-refractivity contribution is 7.18. The average Bonchev–Trinajstić information content (AvgIpc) is 2.92. The lowest BCUT2D eigenvalue weighted by Gasteiger charge is -1.99. The van der Waals surface area contributed by atoms with E-state index in [9.17, 15) is 0 Å². The van der Waals surface area contributed by atoms with Crippen LogP contribution in [0.5, 0.6) is 0 Å². The number of rotatable bonds is 4. The summed E-state index contributed by atoms with van der Waals surface area (Å²) in [4.78, 5) is 14.8. The van der Waals surface area contributed by atoms with Crippen molar-refractivity contribution in [2.75, 3.05) is 5.43 Å². The minimum atomic E-state index is 0.728. The molecule has 6 heteroatoms. The second-order valence-corrected chi connectivity index (χ2v) is 5.28. The van der Waals surface area contributed by atoms with E-state index in [1.807, 2.05) is 12.1 Å². The number of fused-ring (bicyclic) bond motifs is 1. The predicted octanol–water partition coefficient (Wildman–Crippen LogP) is 3.09. The van der Waals surface area contributed by atoms with Crippen molar-refractivity contribution < 1.29 is 0 Å². The fourth-order valence-electron chi connectivity index (χ4n) is 1.79. The van der Waals surface area contributed by atoms with Gasteiger partial charge in [-0.1, -0.05) is 13.0 Å². The maximum atomic E-state index is 4.28. The topological polar surface area (TPSA) is 63.1 Å². The molecule has 100 valence electrons. The molecule has 0 aromatic carbocycles. The van der Waals surface area contributed by atoms with Crippen molar-refractivity contribution in [3.05, 3.63) is 47.4 Å². The number of aryl methyl sites for hydroxylation is 1. The van der Waals surface area contributed by atoms with E-state index in [1.165, 1.54) is 4.88 Å². The van der Waals surface area contributed by atoms with E-state index in [-0.39, 0.29) is 0 Å². The smallest absolute Gasteiger partial charge is 0.158 e. The Bertz CT molecular complexity index is 736. The monoisotopic (exact) mass is 283 g/mol. The molecule has 0 amide bonds. The van der Waals surface area contributed by atoms with Crippen molar-refractivity contribution in [2.24, 2.45) is 5.10 Å². The fourth-order valence-corrected chi connectivity index (χ4v) is 2.72. The van der Waals surface area contributed by atoms with Gasteiger partial charge in [-0.2, -0.15) is 5.10 Å². The molecule has 0 unspecified atom stereocenters. The molecule has 0 atom stereocenters. The van der Waals surface area contributed by atoms with Gasteiger partial charge < -0.3 is 0 Å². The Morgan fingerprint density at radius 2 is 2.35 bits per heavy atom. The first kappa shape index (κ1) is 12.7. The molecule has 0 spiro atoms. The molecule has 0 bridgehead atoms. The molecule has 0 fully saturated rings. The van der Waals surface area contributed by atoms with E-state index in [0.717, 1.165) is 28.0 Å². The highest BCUT2D eigenvalue weighted by Gasteiger charge is 2.06. The Kier molecular flexibility index (Phi) is 3.64. The number of aromatic nitrogens is 3. The number of thiophene rings is 1. The first-order valence-corrected chi connectivity index (χ1v) is 7.11. The van der Waals surface area contributed by atoms with Gasteiger partial charge in [-0.05, 0) is 18.6 Å². The van der Waals surface area contributed by atoms with Crippen molar-refractivity contribution in [3.63, 3.8) is 0 Å². The molecule has 0 aliphatic carbocycles. The molecule has 0 aliphatic rings. The van der Waals surface area contributed by atoms with E-state index in [1.54, 1.807) is 36.3 Å². The van der Waals surface area contributed by atoms with Gasteiger partial charge in [0.2, 0.25) is 0 Å². The molecule has 0 saturated carbocycles. The van der Waals surface area contributed by atoms with Gasteiger partial charge in [-0.3, -0.25) is 10.4 Å². The van der Waals surface area contributed by atoms with Crippen molar-refractivity contribution in [1.82, 2.24) is 15.0 Å². The van der Waals surface area contributed by atoms with Crippen LogP contribution in [0.3, 0.4) is 0 Å². The van der Waals surface area contributed by atoms with Crippen LogP contribution in [0.2, 0.25) is 0 Å². The van der Waals surface area contributed by atoms with Crippen LogP contribution >= 0.6 is 11.3 Å². The Balaban J connectivity index is 1.84. The van der Waals surface area contributed by atoms with Crippen LogP contribution in [-0.2, 0) is 6.42 Å². The molecule has 3 rings (SSSR count). The van der Waals surface area contributed by atoms with Gasteiger partial charge >= 0.3 is 0 Å². The van der Waals surface area contributed by atoms with E-state index in [2.05, 4.69) is 38.5 Å². The van der Waals surface area contributed by atoms with E-state index >= 15 is 0 Å². The lowest BCUT2D eigenvalue weighted by molar-refractivity contribution is 1.18. The van der Waals surface area contributed by atoms with Crippen LogP contribution in [0, 0.1) is 0 Å². The number of nitrogens with one attached hydrogen (secondary N) is 1. The van der Waals surface area contributed by atoms with E-state index in [4.69, 9.17) is 0 Å². The average molecular weight is 283 g/mol. The molecule has 0 saturated heterocycles. The van der Waals surface area contributed by atoms with Crippen LogP contribution in [-0.4, -0.2) is 21.2 Å². The molecule has 1 N–H and O–H groups in total. The molecule has 3 heterocycles. The Labute approximate surface area is 120 Å². The third-order valence-corrected chi connectivity index (χ3v) is 3.98. The summed E-state index contributed by atoms with van der Waals surface area (Å²) < 4.78 is 0. The first-order chi connectivity index (χ1) is 9.86. The zero-order chi connectivity index (χ0) is 13.8. The summed E-state index contributed by atoms with van der Waals surface area (Å²) in [5.41, 5.74) is 3.91. The second-order valence-electron chi connectivity index (χ2n) is 4.16. The summed E-state index contributed by atoms with van der Waals surface area (Å²) >= 11 is 1.69. The summed E-state index contributed by atoms with van der Waals surface area (Å²) in [5, 5.41) is 5.21. The second kappa shape index (κ2) is 5.75. The summed E-state index contributed by atoms with van der Waals surface area (Å²) in [6.45, 7) is 2.13. The fraction of sp³-hybridized carbons (Fsp3) is 0.143. The number of anilines is 1. The number of pyridine rings is 1. The number of hydrazone groups is 1. The number of nitrogens with zero attached hydrogens (tertiary/aromatic N) is 4. The highest BCUT2D eigenvalue weighted by atomic mass is 32.1. The van der Waals surface area contributed by atoms with Crippen molar-refractivity contribution in [3.8, 4) is 0 Å². The zero-order valence-corrected chi connectivity index (χ0v) is 11.8. The summed E-state index contributed by atoms with van der Waals surface area (Å²) in [7, 11) is 0. The number of hydrogen-bond acceptors (Lipinski definition) is 6. The van der Waals surface area contributed by atoms with Crippen LogP contribution < -0.4 is 5.43 Å². The molecule has 5 nitrogen and oxygen atoms in total. The summed E-state index contributed by atoms with van der Waals surface area (Å²) in [6, 6.07) is 5.92. The van der Waals surface area contributed by atoms with Crippen molar-refractivity contribution in [2.45, 2.75) is 13.3 Å². The molecule has 20 heavy (non-hydrogen) atoms. The summed E-state index contributed by atoms with van der Waals surface area (Å²) in [6.07, 6.45) is 7.75. The van der Waals surface area contributed by atoms with Crippen LogP contribution in [0.15, 0.2) is 42.0 Å². The normalized spacial score (nSPS) is 11.2. The Morgan fingerprint density at radius 3 is 3.15 bits per heavy atom. The Hall–Kier alpha value is -2.34. The molecule has 0 aliphatic heterocycles. The lowest BCUT2D eigenvalue weighted by Crippen LogP contribution is -1.94. The van der Waals surface area contributed by atoms with Gasteiger partial charge in [0.05, 0.1) is 11.6 Å². The van der Waals surface area contributed by atoms with Crippen LogP contribution in [0.4, 0.5) is 5.82 Å². The van der Waals surface area contributed by atoms with Gasteiger partial charge in [-0.15, -0.1) is 11.3 Å². The van der Waals surface area contributed by atoms with Gasteiger partial charge in [0, 0.05) is 22.8 Å². The maximum Gasteiger partial charge on any atom is 0.158 e. The van der Waals surface area contributed by atoms with Crippen LogP contribution in [0.25, 0.3) is 10.2 Å². The third kappa shape index (κ3) is 2.65. The molecule has 3 aromatic rings. The lowest BCUT2D eigenvalue weighted by atomic mass is 10.3.